The van der Waals surface area contributed by atoms with Crippen LogP contribution in [0.5, 0.6) is 0 Å². The molecule has 0 aliphatic carbocycles. The number of benzene rings is 7. The lowest BCUT2D eigenvalue weighted by Gasteiger charge is -2.26. The number of fused-ring (bicyclic) bond motifs is 7. The van der Waals surface area contributed by atoms with Gasteiger partial charge in [0.05, 0.1) is 0 Å². The summed E-state index contributed by atoms with van der Waals surface area (Å²) in [7, 11) is 0. The Morgan fingerprint density at radius 2 is 0.844 bits per heavy atom. The molecular formula is C42H27NO2. The van der Waals surface area contributed by atoms with Crippen LogP contribution >= 0.6 is 0 Å². The molecule has 3 nitrogen and oxygen atoms in total. The molecular weight excluding hydrogens is 550 g/mol. The first-order chi connectivity index (χ1) is 22.3. The number of para-hydroxylation sites is 3. The highest BCUT2D eigenvalue weighted by atomic mass is 16.3. The molecule has 0 fully saturated rings. The maximum absolute atomic E-state index is 6.58. The van der Waals surface area contributed by atoms with Crippen molar-refractivity contribution < 1.29 is 8.83 Å². The van der Waals surface area contributed by atoms with Gasteiger partial charge < -0.3 is 13.7 Å². The van der Waals surface area contributed by atoms with Gasteiger partial charge in [-0.15, -0.1) is 0 Å². The maximum atomic E-state index is 6.58. The van der Waals surface area contributed by atoms with Crippen LogP contribution in [0.1, 0.15) is 0 Å². The summed E-state index contributed by atoms with van der Waals surface area (Å²) in [4.78, 5) is 2.29. The van der Waals surface area contributed by atoms with E-state index < -0.39 is 0 Å². The van der Waals surface area contributed by atoms with Crippen LogP contribution < -0.4 is 4.90 Å². The minimum Gasteiger partial charge on any atom is -0.456 e. The second-order valence-corrected chi connectivity index (χ2v) is 11.3. The van der Waals surface area contributed by atoms with Crippen LogP contribution in [0.25, 0.3) is 66.1 Å². The fourth-order valence-corrected chi connectivity index (χ4v) is 6.57. The van der Waals surface area contributed by atoms with E-state index in [-0.39, 0.29) is 0 Å². The summed E-state index contributed by atoms with van der Waals surface area (Å²) >= 11 is 0. The molecule has 0 radical (unpaired) electrons. The van der Waals surface area contributed by atoms with Crippen molar-refractivity contribution >= 4 is 60.9 Å². The van der Waals surface area contributed by atoms with Gasteiger partial charge in [0, 0.05) is 44.2 Å². The second kappa shape index (κ2) is 10.3. The van der Waals surface area contributed by atoms with E-state index in [1.807, 2.05) is 30.3 Å². The van der Waals surface area contributed by atoms with Crippen LogP contribution in [0.4, 0.5) is 17.1 Å². The molecule has 3 heteroatoms. The maximum Gasteiger partial charge on any atom is 0.144 e. The van der Waals surface area contributed by atoms with Crippen LogP contribution in [-0.4, -0.2) is 0 Å². The lowest BCUT2D eigenvalue weighted by Crippen LogP contribution is -2.09. The van der Waals surface area contributed by atoms with Gasteiger partial charge in [0.15, 0.2) is 0 Å². The Morgan fingerprint density at radius 1 is 0.356 bits per heavy atom. The Labute approximate surface area is 260 Å². The molecule has 2 aromatic heterocycles. The average molecular weight is 578 g/mol. The number of anilines is 3. The van der Waals surface area contributed by atoms with Crippen molar-refractivity contribution in [3.8, 4) is 22.3 Å². The Hall–Kier alpha value is -6.06. The van der Waals surface area contributed by atoms with Gasteiger partial charge in [-0.25, -0.2) is 0 Å². The van der Waals surface area contributed by atoms with Gasteiger partial charge in [-0.3, -0.25) is 0 Å². The van der Waals surface area contributed by atoms with E-state index >= 15 is 0 Å². The van der Waals surface area contributed by atoms with Crippen molar-refractivity contribution in [3.05, 3.63) is 164 Å². The van der Waals surface area contributed by atoms with Crippen LogP contribution in [0, 0.1) is 0 Å². The quantitative estimate of drug-likeness (QED) is 0.204. The Bertz CT molecular complexity index is 2450. The molecule has 0 amide bonds. The molecule has 45 heavy (non-hydrogen) atoms. The fourth-order valence-electron chi connectivity index (χ4n) is 6.57. The van der Waals surface area contributed by atoms with Crippen molar-refractivity contribution in [2.45, 2.75) is 0 Å². The van der Waals surface area contributed by atoms with Gasteiger partial charge in [-0.1, -0.05) is 109 Å². The fraction of sp³-hybridized carbons (Fsp3) is 0. The highest BCUT2D eigenvalue weighted by Gasteiger charge is 2.21. The lowest BCUT2D eigenvalue weighted by atomic mass is 9.98. The number of hydrogen-bond acceptors (Lipinski definition) is 3. The smallest absolute Gasteiger partial charge is 0.144 e. The third-order valence-electron chi connectivity index (χ3n) is 8.67. The number of furan rings is 2. The van der Waals surface area contributed by atoms with Crippen LogP contribution in [-0.2, 0) is 0 Å². The van der Waals surface area contributed by atoms with Crippen LogP contribution in [0.2, 0.25) is 0 Å². The van der Waals surface area contributed by atoms with Gasteiger partial charge in [-0.05, 0) is 71.3 Å². The molecule has 0 spiro atoms. The normalized spacial score (nSPS) is 11.6. The van der Waals surface area contributed by atoms with Crippen molar-refractivity contribution in [1.29, 1.82) is 0 Å². The third kappa shape index (κ3) is 4.21. The minimum atomic E-state index is 0.860. The van der Waals surface area contributed by atoms with E-state index in [1.165, 1.54) is 11.1 Å². The molecule has 0 saturated heterocycles. The molecule has 0 N–H and O–H groups in total. The molecule has 0 aliphatic heterocycles. The first-order valence-electron chi connectivity index (χ1n) is 15.2. The van der Waals surface area contributed by atoms with Crippen molar-refractivity contribution in [1.82, 2.24) is 0 Å². The molecule has 0 bridgehead atoms. The highest BCUT2D eigenvalue weighted by Crippen LogP contribution is 2.45. The van der Waals surface area contributed by atoms with E-state index in [9.17, 15) is 0 Å². The molecule has 9 rings (SSSR count). The Morgan fingerprint density at radius 3 is 1.51 bits per heavy atom. The van der Waals surface area contributed by atoms with E-state index in [0.29, 0.717) is 0 Å². The van der Waals surface area contributed by atoms with Crippen LogP contribution in [0.3, 0.4) is 0 Å². The highest BCUT2D eigenvalue weighted by molar-refractivity contribution is 6.28. The second-order valence-electron chi connectivity index (χ2n) is 11.3. The van der Waals surface area contributed by atoms with Crippen molar-refractivity contribution in [2.24, 2.45) is 0 Å². The summed E-state index contributed by atoms with van der Waals surface area (Å²) in [5, 5.41) is 4.39. The number of nitrogens with zero attached hydrogens (tertiary/aromatic N) is 1. The zero-order chi connectivity index (χ0) is 29.7. The standard InChI is InChI=1S/C42H27NO2/c1-3-11-28(12-4-1)29-19-23-32(24-20-29)43(31-13-5-2-6-14-31)33-25-21-30(22-26-33)36-27-39-40(34-15-7-9-17-37(34)44-39)41-35-16-8-10-18-38(35)45-42(36)41/h1-27H. The summed E-state index contributed by atoms with van der Waals surface area (Å²) in [6.07, 6.45) is 0. The van der Waals surface area contributed by atoms with E-state index in [1.54, 1.807) is 0 Å². The first kappa shape index (κ1) is 25.4. The summed E-state index contributed by atoms with van der Waals surface area (Å²) < 4.78 is 13.0. The Kier molecular flexibility index (Phi) is 5.82. The zero-order valence-corrected chi connectivity index (χ0v) is 24.4. The monoisotopic (exact) mass is 577 g/mol. The molecule has 212 valence electrons. The van der Waals surface area contributed by atoms with E-state index in [4.69, 9.17) is 8.83 Å². The van der Waals surface area contributed by atoms with E-state index in [2.05, 4.69) is 138 Å². The molecule has 9 aromatic rings. The van der Waals surface area contributed by atoms with Gasteiger partial charge in [0.1, 0.15) is 22.3 Å². The summed E-state index contributed by atoms with van der Waals surface area (Å²) in [6.45, 7) is 0. The Balaban J connectivity index is 1.19. The SMILES string of the molecule is c1ccc(-c2ccc(N(c3ccccc3)c3ccc(-c4cc5oc6ccccc6c5c5c4oc4ccccc45)cc3)cc2)cc1. The van der Waals surface area contributed by atoms with Gasteiger partial charge in [0.2, 0.25) is 0 Å². The first-order valence-corrected chi connectivity index (χ1v) is 15.2. The topological polar surface area (TPSA) is 29.5 Å². The van der Waals surface area contributed by atoms with Crippen LogP contribution in [0.15, 0.2) is 173 Å². The zero-order valence-electron chi connectivity index (χ0n) is 24.4. The van der Waals surface area contributed by atoms with E-state index in [0.717, 1.165) is 72.1 Å². The van der Waals surface area contributed by atoms with Gasteiger partial charge >= 0.3 is 0 Å². The number of hydrogen-bond donors (Lipinski definition) is 0. The molecule has 7 aromatic carbocycles. The van der Waals surface area contributed by atoms with Crippen molar-refractivity contribution in [3.63, 3.8) is 0 Å². The van der Waals surface area contributed by atoms with Gasteiger partial charge in [-0.2, -0.15) is 0 Å². The predicted molar refractivity (Wildman–Crippen MR) is 187 cm³/mol. The lowest BCUT2D eigenvalue weighted by molar-refractivity contribution is 0.664. The minimum absolute atomic E-state index is 0.860. The molecule has 0 aliphatic rings. The van der Waals surface area contributed by atoms with Gasteiger partial charge in [0.25, 0.3) is 0 Å². The summed E-state index contributed by atoms with van der Waals surface area (Å²) in [5.41, 5.74) is 11.2. The molecule has 0 unspecified atom stereocenters. The molecule has 2 heterocycles. The predicted octanol–water partition coefficient (Wildman–Crippen LogP) is 12.3. The average Bonchev–Trinajstić information content (AvgIpc) is 3.68. The molecule has 0 atom stereocenters. The third-order valence-corrected chi connectivity index (χ3v) is 8.67. The van der Waals surface area contributed by atoms with Crippen molar-refractivity contribution in [2.75, 3.05) is 4.90 Å². The summed E-state index contributed by atoms with van der Waals surface area (Å²) in [6, 6.07) is 57.1. The molecule has 0 saturated carbocycles. The summed E-state index contributed by atoms with van der Waals surface area (Å²) in [5.74, 6) is 0. The largest absolute Gasteiger partial charge is 0.456 e. The number of rotatable bonds is 5.